The highest BCUT2D eigenvalue weighted by Crippen LogP contribution is 2.30. The maximum Gasteiger partial charge on any atom is 0.246 e. The van der Waals surface area contributed by atoms with Crippen LogP contribution in [0.2, 0.25) is 0 Å². The molecule has 21 heavy (non-hydrogen) atoms. The Balaban J connectivity index is 1.77. The predicted molar refractivity (Wildman–Crippen MR) is 77.4 cm³/mol. The highest BCUT2D eigenvalue weighted by Gasteiger charge is 2.33. The Morgan fingerprint density at radius 3 is 2.52 bits per heavy atom. The Kier molecular flexibility index (Phi) is 3.58. The summed E-state index contributed by atoms with van der Waals surface area (Å²) in [5, 5.41) is 6.73. The molecule has 0 unspecified atom stereocenters. The molecule has 3 rings (SSSR count). The van der Waals surface area contributed by atoms with Crippen molar-refractivity contribution >= 4 is 10.0 Å². The second kappa shape index (κ2) is 5.27. The number of nitrogens with zero attached hydrogens (tertiary/aromatic N) is 3. The molecule has 1 aliphatic rings. The molecular formula is C13H19N5O2S. The fourth-order valence-electron chi connectivity index (χ4n) is 2.92. The van der Waals surface area contributed by atoms with Gasteiger partial charge in [0.15, 0.2) is 0 Å². The first kappa shape index (κ1) is 14.3. The second-order valence-electron chi connectivity index (χ2n) is 5.42. The minimum atomic E-state index is -3.46. The van der Waals surface area contributed by atoms with E-state index in [0.29, 0.717) is 35.3 Å². The molecule has 0 atom stereocenters. The van der Waals surface area contributed by atoms with Crippen LogP contribution in [0.25, 0.3) is 0 Å². The van der Waals surface area contributed by atoms with Crippen LogP contribution in [0, 0.1) is 13.8 Å². The molecule has 0 radical (unpaired) electrons. The zero-order valence-corrected chi connectivity index (χ0v) is 12.9. The Labute approximate surface area is 123 Å². The highest BCUT2D eigenvalue weighted by molar-refractivity contribution is 7.89. The zero-order chi connectivity index (χ0) is 15.0. The number of sulfonamides is 1. The molecule has 0 saturated carbocycles. The van der Waals surface area contributed by atoms with Crippen LogP contribution < -0.4 is 0 Å². The van der Waals surface area contributed by atoms with Crippen molar-refractivity contribution in [3.05, 3.63) is 29.6 Å². The Hall–Kier alpha value is -1.67. The number of hydrogen-bond acceptors (Lipinski definition) is 4. The summed E-state index contributed by atoms with van der Waals surface area (Å²) < 4.78 is 27.0. The molecule has 2 N–H and O–H groups in total. The van der Waals surface area contributed by atoms with Crippen molar-refractivity contribution in [1.82, 2.24) is 24.5 Å². The molecule has 3 heterocycles. The van der Waals surface area contributed by atoms with Gasteiger partial charge >= 0.3 is 0 Å². The molecule has 1 saturated heterocycles. The van der Waals surface area contributed by atoms with Gasteiger partial charge in [0.25, 0.3) is 0 Å². The third-order valence-corrected chi connectivity index (χ3v) is 6.18. The van der Waals surface area contributed by atoms with E-state index in [2.05, 4.69) is 20.2 Å². The summed E-state index contributed by atoms with van der Waals surface area (Å²) in [6.07, 6.45) is 5.10. The number of rotatable bonds is 3. The van der Waals surface area contributed by atoms with E-state index < -0.39 is 10.0 Å². The van der Waals surface area contributed by atoms with Crippen LogP contribution in [-0.2, 0) is 10.0 Å². The summed E-state index contributed by atoms with van der Waals surface area (Å²) in [4.78, 5) is 7.70. The van der Waals surface area contributed by atoms with E-state index in [1.165, 1.54) is 0 Å². The summed E-state index contributed by atoms with van der Waals surface area (Å²) in [6.45, 7) is 4.48. The summed E-state index contributed by atoms with van der Waals surface area (Å²) in [7, 11) is -3.46. The third-order valence-electron chi connectivity index (χ3n) is 4.02. The number of aryl methyl sites for hydroxylation is 2. The summed E-state index contributed by atoms with van der Waals surface area (Å²) in [5.41, 5.74) is 1.13. The van der Waals surface area contributed by atoms with Gasteiger partial charge in [-0.2, -0.15) is 9.40 Å². The van der Waals surface area contributed by atoms with Gasteiger partial charge in [-0.3, -0.25) is 5.10 Å². The van der Waals surface area contributed by atoms with Gasteiger partial charge in [-0.25, -0.2) is 13.4 Å². The first-order chi connectivity index (χ1) is 10.00. The standard InChI is InChI=1S/C13H19N5O2S/c1-9-12(10(2)17-16-9)21(19,20)18-7-3-11(4-8-18)13-14-5-6-15-13/h5-6,11H,3-4,7-8H2,1-2H3,(H,14,15)(H,16,17). The molecule has 1 fully saturated rings. The van der Waals surface area contributed by atoms with Gasteiger partial charge in [-0.05, 0) is 26.7 Å². The van der Waals surface area contributed by atoms with Crippen molar-refractivity contribution in [2.75, 3.05) is 13.1 Å². The van der Waals surface area contributed by atoms with Crippen LogP contribution in [0.1, 0.15) is 36.0 Å². The average Bonchev–Trinajstić information content (AvgIpc) is 3.09. The van der Waals surface area contributed by atoms with E-state index in [1.807, 2.05) is 0 Å². The minimum Gasteiger partial charge on any atom is -0.348 e. The summed E-state index contributed by atoms with van der Waals surface area (Å²) >= 11 is 0. The lowest BCUT2D eigenvalue weighted by atomic mass is 9.98. The zero-order valence-electron chi connectivity index (χ0n) is 12.1. The highest BCUT2D eigenvalue weighted by atomic mass is 32.2. The molecule has 0 aromatic carbocycles. The lowest BCUT2D eigenvalue weighted by Crippen LogP contribution is -2.38. The SMILES string of the molecule is Cc1n[nH]c(C)c1S(=O)(=O)N1CCC(c2ncc[nH]2)CC1. The van der Waals surface area contributed by atoms with Crippen molar-refractivity contribution in [2.45, 2.75) is 37.5 Å². The Morgan fingerprint density at radius 1 is 1.29 bits per heavy atom. The quantitative estimate of drug-likeness (QED) is 0.894. The second-order valence-corrected chi connectivity index (χ2v) is 7.29. The van der Waals surface area contributed by atoms with Crippen molar-refractivity contribution < 1.29 is 8.42 Å². The van der Waals surface area contributed by atoms with Gasteiger partial charge in [-0.1, -0.05) is 0 Å². The van der Waals surface area contributed by atoms with Crippen molar-refractivity contribution in [3.63, 3.8) is 0 Å². The van der Waals surface area contributed by atoms with Gasteiger partial charge in [0.2, 0.25) is 10.0 Å². The Morgan fingerprint density at radius 2 is 2.00 bits per heavy atom. The maximum atomic E-state index is 12.7. The normalized spacial score (nSPS) is 18.2. The van der Waals surface area contributed by atoms with Crippen LogP contribution in [0.3, 0.4) is 0 Å². The number of H-pyrrole nitrogens is 2. The summed E-state index contributed by atoms with van der Waals surface area (Å²) in [6, 6.07) is 0. The molecule has 0 aliphatic carbocycles. The number of piperidine rings is 1. The predicted octanol–water partition coefficient (Wildman–Crippen LogP) is 1.32. The van der Waals surface area contributed by atoms with Crippen LogP contribution in [-0.4, -0.2) is 46.0 Å². The minimum absolute atomic E-state index is 0.304. The van der Waals surface area contributed by atoms with E-state index in [0.717, 1.165) is 18.7 Å². The molecular weight excluding hydrogens is 290 g/mol. The topological polar surface area (TPSA) is 94.7 Å². The molecule has 0 spiro atoms. The first-order valence-corrected chi connectivity index (χ1v) is 8.45. The van der Waals surface area contributed by atoms with Gasteiger partial charge in [0, 0.05) is 31.4 Å². The molecule has 0 bridgehead atoms. The lowest BCUT2D eigenvalue weighted by molar-refractivity contribution is 0.314. The number of imidazole rings is 1. The molecule has 7 nitrogen and oxygen atoms in total. The molecule has 8 heteroatoms. The maximum absolute atomic E-state index is 12.7. The fourth-order valence-corrected chi connectivity index (χ4v) is 4.72. The average molecular weight is 309 g/mol. The smallest absolute Gasteiger partial charge is 0.246 e. The van der Waals surface area contributed by atoms with Crippen LogP contribution in [0.4, 0.5) is 0 Å². The molecule has 2 aromatic heterocycles. The van der Waals surface area contributed by atoms with Gasteiger partial charge in [0.1, 0.15) is 10.7 Å². The van der Waals surface area contributed by atoms with E-state index in [-0.39, 0.29) is 0 Å². The Bertz CT molecular complexity index is 692. The molecule has 2 aromatic rings. The van der Waals surface area contributed by atoms with Gasteiger partial charge < -0.3 is 4.98 Å². The molecule has 1 aliphatic heterocycles. The van der Waals surface area contributed by atoms with Crippen molar-refractivity contribution in [2.24, 2.45) is 0 Å². The third kappa shape index (κ3) is 2.49. The molecule has 114 valence electrons. The van der Waals surface area contributed by atoms with E-state index in [9.17, 15) is 8.42 Å². The van der Waals surface area contributed by atoms with Crippen molar-refractivity contribution in [1.29, 1.82) is 0 Å². The number of aromatic nitrogens is 4. The fraction of sp³-hybridized carbons (Fsp3) is 0.538. The van der Waals surface area contributed by atoms with Crippen LogP contribution in [0.15, 0.2) is 17.3 Å². The van der Waals surface area contributed by atoms with E-state index in [1.54, 1.807) is 30.5 Å². The first-order valence-electron chi connectivity index (χ1n) is 7.01. The summed E-state index contributed by atoms with van der Waals surface area (Å²) in [5.74, 6) is 1.25. The van der Waals surface area contributed by atoms with Crippen LogP contribution in [0.5, 0.6) is 0 Å². The van der Waals surface area contributed by atoms with E-state index in [4.69, 9.17) is 0 Å². The van der Waals surface area contributed by atoms with Gasteiger partial charge in [-0.15, -0.1) is 0 Å². The lowest BCUT2D eigenvalue weighted by Gasteiger charge is -2.30. The molecule has 0 amide bonds. The largest absolute Gasteiger partial charge is 0.348 e. The monoisotopic (exact) mass is 309 g/mol. The number of hydrogen-bond donors (Lipinski definition) is 2. The van der Waals surface area contributed by atoms with E-state index >= 15 is 0 Å². The number of nitrogens with one attached hydrogen (secondary N) is 2. The van der Waals surface area contributed by atoms with Crippen molar-refractivity contribution in [3.8, 4) is 0 Å². The number of aromatic amines is 2. The van der Waals surface area contributed by atoms with Gasteiger partial charge in [0.05, 0.1) is 11.4 Å². The van der Waals surface area contributed by atoms with Crippen LogP contribution >= 0.6 is 0 Å².